The third-order valence-electron chi connectivity index (χ3n) is 8.05. The van der Waals surface area contributed by atoms with Gasteiger partial charge in [-0.15, -0.1) is 0 Å². The summed E-state index contributed by atoms with van der Waals surface area (Å²) >= 11 is 0. The number of fused-ring (bicyclic) bond motifs is 1. The number of piperidine rings is 1. The Morgan fingerprint density at radius 1 is 1.02 bits per heavy atom. The molecule has 1 atom stereocenters. The number of hydrogen-bond acceptors (Lipinski definition) is 8. The molecule has 3 aromatic rings. The second-order valence-corrected chi connectivity index (χ2v) is 12.6. The standard InChI is InChI=1S/C28H37N7O4S/c1-3-20-8-9-22(31-40(2,37)38)21(17-20)28(36)34-12-5-4-7-24(34)23-18-26-29-25(32-10-6-11-32)19-27(35(26)30-23)33-13-15-39-16-14-33/h8-9,17-19,24,31H,3-7,10-16H2,1-2H3/t24-/m0/s1. The zero-order valence-electron chi connectivity index (χ0n) is 23.2. The van der Waals surface area contributed by atoms with Crippen LogP contribution in [0.4, 0.5) is 17.3 Å². The molecular weight excluding hydrogens is 530 g/mol. The molecule has 3 fully saturated rings. The van der Waals surface area contributed by atoms with Crippen LogP contribution in [0.2, 0.25) is 0 Å². The monoisotopic (exact) mass is 567 g/mol. The van der Waals surface area contributed by atoms with E-state index >= 15 is 0 Å². The van der Waals surface area contributed by atoms with Crippen LogP contribution < -0.4 is 14.5 Å². The van der Waals surface area contributed by atoms with Crippen molar-refractivity contribution in [2.45, 2.75) is 45.1 Å². The van der Waals surface area contributed by atoms with Crippen LogP contribution in [-0.4, -0.2) is 86.0 Å². The van der Waals surface area contributed by atoms with Gasteiger partial charge in [0.25, 0.3) is 5.91 Å². The number of amides is 1. The summed E-state index contributed by atoms with van der Waals surface area (Å²) in [6, 6.07) is 9.26. The Labute approximate surface area is 235 Å². The molecule has 1 N–H and O–H groups in total. The third kappa shape index (κ3) is 5.34. The highest BCUT2D eigenvalue weighted by atomic mass is 32.2. The number of sulfonamides is 1. The van der Waals surface area contributed by atoms with E-state index in [2.05, 4.69) is 20.6 Å². The molecule has 0 spiro atoms. The van der Waals surface area contributed by atoms with Crippen molar-refractivity contribution in [1.29, 1.82) is 0 Å². The number of benzene rings is 1. The molecule has 12 heteroatoms. The average Bonchev–Trinajstić information content (AvgIpc) is 3.35. The summed E-state index contributed by atoms with van der Waals surface area (Å²) in [4.78, 5) is 25.5. The van der Waals surface area contributed by atoms with Gasteiger partial charge >= 0.3 is 0 Å². The summed E-state index contributed by atoms with van der Waals surface area (Å²) in [5, 5.41) is 5.05. The van der Waals surface area contributed by atoms with Crippen LogP contribution in [0.3, 0.4) is 0 Å². The first kappa shape index (κ1) is 26.8. The molecule has 0 bridgehead atoms. The number of nitrogens with one attached hydrogen (secondary N) is 1. The lowest BCUT2D eigenvalue weighted by Gasteiger charge is -2.35. The number of aryl methyl sites for hydroxylation is 1. The van der Waals surface area contributed by atoms with Crippen molar-refractivity contribution in [2.75, 3.05) is 66.7 Å². The van der Waals surface area contributed by atoms with Crippen LogP contribution in [0.5, 0.6) is 0 Å². The summed E-state index contributed by atoms with van der Waals surface area (Å²) in [7, 11) is -3.55. The number of morpholine rings is 1. The minimum absolute atomic E-state index is 0.189. The van der Waals surface area contributed by atoms with Crippen LogP contribution in [0, 0.1) is 0 Å². The predicted octanol–water partition coefficient (Wildman–Crippen LogP) is 3.08. The van der Waals surface area contributed by atoms with Crippen LogP contribution in [0.1, 0.15) is 60.3 Å². The molecule has 1 amide bonds. The summed E-state index contributed by atoms with van der Waals surface area (Å²) in [5.41, 5.74) is 3.22. The topological polar surface area (TPSA) is 112 Å². The van der Waals surface area contributed by atoms with Gasteiger partial charge in [0.15, 0.2) is 5.65 Å². The number of carbonyl (C=O) groups is 1. The van der Waals surface area contributed by atoms with Crippen molar-refractivity contribution >= 4 is 38.9 Å². The van der Waals surface area contributed by atoms with E-state index in [1.54, 1.807) is 6.07 Å². The number of likely N-dealkylation sites (tertiary alicyclic amines) is 1. The Morgan fingerprint density at radius 2 is 1.82 bits per heavy atom. The normalized spacial score (nSPS) is 20.1. The van der Waals surface area contributed by atoms with Gasteiger partial charge in [0.1, 0.15) is 11.6 Å². The summed E-state index contributed by atoms with van der Waals surface area (Å²) in [6.45, 7) is 7.50. The van der Waals surface area contributed by atoms with Crippen molar-refractivity contribution in [3.05, 3.63) is 47.2 Å². The second kappa shape index (κ2) is 10.9. The molecule has 3 aliphatic heterocycles. The molecule has 11 nitrogen and oxygen atoms in total. The maximum Gasteiger partial charge on any atom is 0.256 e. The largest absolute Gasteiger partial charge is 0.378 e. The minimum Gasteiger partial charge on any atom is -0.378 e. The number of nitrogens with zero attached hydrogens (tertiary/aromatic N) is 6. The Bertz CT molecular complexity index is 1510. The Morgan fingerprint density at radius 3 is 2.52 bits per heavy atom. The number of carbonyl (C=O) groups excluding carboxylic acids is 1. The van der Waals surface area contributed by atoms with Crippen molar-refractivity contribution in [3.8, 4) is 0 Å². The van der Waals surface area contributed by atoms with Crippen molar-refractivity contribution < 1.29 is 17.9 Å². The van der Waals surface area contributed by atoms with Gasteiger partial charge in [-0.25, -0.2) is 13.4 Å². The van der Waals surface area contributed by atoms with Gasteiger partial charge in [0.05, 0.1) is 42.5 Å². The number of ether oxygens (including phenoxy) is 1. The second-order valence-electron chi connectivity index (χ2n) is 10.9. The lowest BCUT2D eigenvalue weighted by atomic mass is 9.97. The quantitative estimate of drug-likeness (QED) is 0.464. The maximum atomic E-state index is 14.1. The van der Waals surface area contributed by atoms with Gasteiger partial charge in [-0.1, -0.05) is 13.0 Å². The van der Waals surface area contributed by atoms with Crippen LogP contribution in [0.25, 0.3) is 5.65 Å². The lowest BCUT2D eigenvalue weighted by Crippen LogP contribution is -2.40. The van der Waals surface area contributed by atoms with E-state index in [0.29, 0.717) is 31.0 Å². The molecule has 3 saturated heterocycles. The molecule has 5 heterocycles. The predicted molar refractivity (Wildman–Crippen MR) is 155 cm³/mol. The van der Waals surface area contributed by atoms with E-state index in [9.17, 15) is 13.2 Å². The summed E-state index contributed by atoms with van der Waals surface area (Å²) in [6.07, 6.45) is 5.65. The Kier molecular flexibility index (Phi) is 7.30. The smallest absolute Gasteiger partial charge is 0.256 e. The van der Waals surface area contributed by atoms with E-state index in [1.807, 2.05) is 34.5 Å². The van der Waals surface area contributed by atoms with E-state index in [4.69, 9.17) is 14.8 Å². The summed E-state index contributed by atoms with van der Waals surface area (Å²) in [5.74, 6) is 1.76. The van der Waals surface area contributed by atoms with Crippen molar-refractivity contribution in [3.63, 3.8) is 0 Å². The number of anilines is 3. The highest BCUT2D eigenvalue weighted by Gasteiger charge is 2.33. The van der Waals surface area contributed by atoms with Gasteiger partial charge in [0, 0.05) is 44.9 Å². The van der Waals surface area contributed by atoms with E-state index in [0.717, 1.165) is 86.7 Å². The van der Waals surface area contributed by atoms with Crippen LogP contribution >= 0.6 is 0 Å². The van der Waals surface area contributed by atoms with Crippen LogP contribution in [0.15, 0.2) is 30.3 Å². The Hall–Kier alpha value is -3.38. The van der Waals surface area contributed by atoms with Gasteiger partial charge in [0.2, 0.25) is 10.0 Å². The molecule has 0 unspecified atom stereocenters. The molecule has 2 aromatic heterocycles. The average molecular weight is 568 g/mol. The molecule has 0 aliphatic carbocycles. The molecule has 214 valence electrons. The first-order valence-corrected chi connectivity index (χ1v) is 16.1. The van der Waals surface area contributed by atoms with E-state index in [-0.39, 0.29) is 11.9 Å². The molecule has 3 aliphatic rings. The van der Waals surface area contributed by atoms with E-state index < -0.39 is 10.0 Å². The SMILES string of the molecule is CCc1ccc(NS(C)(=O)=O)c(C(=O)N2CCCC[C@H]2c2cc3nc(N4CCC4)cc(N4CCOCC4)n3n2)c1. The van der Waals surface area contributed by atoms with Gasteiger partial charge < -0.3 is 19.4 Å². The van der Waals surface area contributed by atoms with Gasteiger partial charge in [-0.05, 0) is 49.8 Å². The van der Waals surface area contributed by atoms with Crippen molar-refractivity contribution in [2.24, 2.45) is 0 Å². The number of aromatic nitrogens is 3. The fraction of sp³-hybridized carbons (Fsp3) is 0.536. The fourth-order valence-corrected chi connectivity index (χ4v) is 6.34. The molecular formula is C28H37N7O4S. The number of hydrogen-bond donors (Lipinski definition) is 1. The first-order chi connectivity index (χ1) is 19.3. The zero-order valence-corrected chi connectivity index (χ0v) is 24.0. The Balaban J connectivity index is 1.39. The molecule has 1 aromatic carbocycles. The van der Waals surface area contributed by atoms with Crippen LogP contribution in [-0.2, 0) is 21.2 Å². The maximum absolute atomic E-state index is 14.1. The fourth-order valence-electron chi connectivity index (χ4n) is 5.77. The van der Waals surface area contributed by atoms with E-state index in [1.165, 1.54) is 6.42 Å². The minimum atomic E-state index is -3.55. The molecule has 6 rings (SSSR count). The zero-order chi connectivity index (χ0) is 27.9. The first-order valence-electron chi connectivity index (χ1n) is 14.2. The van der Waals surface area contributed by atoms with Gasteiger partial charge in [-0.3, -0.25) is 9.52 Å². The molecule has 40 heavy (non-hydrogen) atoms. The molecule has 0 saturated carbocycles. The third-order valence-corrected chi connectivity index (χ3v) is 8.64. The summed E-state index contributed by atoms with van der Waals surface area (Å²) < 4.78 is 34.2. The van der Waals surface area contributed by atoms with Crippen molar-refractivity contribution in [1.82, 2.24) is 19.5 Å². The van der Waals surface area contributed by atoms with Gasteiger partial charge in [-0.2, -0.15) is 9.61 Å². The molecule has 0 radical (unpaired) electrons. The number of rotatable bonds is 7. The highest BCUT2D eigenvalue weighted by Crippen LogP contribution is 2.35. The lowest BCUT2D eigenvalue weighted by molar-refractivity contribution is 0.0606. The highest BCUT2D eigenvalue weighted by molar-refractivity contribution is 7.92.